The minimum Gasteiger partial charge on any atom is -0.493 e. The van der Waals surface area contributed by atoms with Gasteiger partial charge in [0.25, 0.3) is 0 Å². The third-order valence-electron chi connectivity index (χ3n) is 3.65. The summed E-state index contributed by atoms with van der Waals surface area (Å²) in [4.78, 5) is 12.2. The van der Waals surface area contributed by atoms with Crippen LogP contribution in [0.15, 0.2) is 48.5 Å². The summed E-state index contributed by atoms with van der Waals surface area (Å²) in [5, 5.41) is 2.87. The summed E-state index contributed by atoms with van der Waals surface area (Å²) in [6.07, 6.45) is 4.15. The first-order valence-electron chi connectivity index (χ1n) is 8.54. The Kier molecular flexibility index (Phi) is 7.71. The number of carbonyl (C=O) groups is 1. The number of nitrogens with one attached hydrogen (secondary N) is 1. The van der Waals surface area contributed by atoms with Gasteiger partial charge in [-0.2, -0.15) is 0 Å². The van der Waals surface area contributed by atoms with Crippen molar-refractivity contribution in [1.82, 2.24) is 0 Å². The zero-order chi connectivity index (χ0) is 18.8. The topological polar surface area (TPSA) is 56.8 Å². The lowest BCUT2D eigenvalue weighted by Crippen LogP contribution is -2.10. The highest BCUT2D eigenvalue weighted by atomic mass is 16.5. The van der Waals surface area contributed by atoms with Gasteiger partial charge in [0.15, 0.2) is 11.5 Å². The molecule has 1 amide bonds. The molecule has 5 nitrogen and oxygen atoms in total. The van der Waals surface area contributed by atoms with Crippen molar-refractivity contribution in [3.8, 4) is 11.5 Å². The number of rotatable bonds is 9. The van der Waals surface area contributed by atoms with Gasteiger partial charge in [0, 0.05) is 24.4 Å². The summed E-state index contributed by atoms with van der Waals surface area (Å²) in [5.74, 6) is 1.13. The highest BCUT2D eigenvalue weighted by molar-refractivity contribution is 6.02. The molecule has 0 aliphatic carbocycles. The molecule has 0 heterocycles. The van der Waals surface area contributed by atoms with Crippen molar-refractivity contribution in [2.75, 3.05) is 26.1 Å². The molecular formula is C21H25NO4. The number of amides is 1. The average Bonchev–Trinajstić information content (AvgIpc) is 2.66. The molecule has 2 aromatic rings. The number of benzene rings is 2. The molecule has 2 rings (SSSR count). The van der Waals surface area contributed by atoms with Crippen molar-refractivity contribution >= 4 is 17.7 Å². The van der Waals surface area contributed by atoms with Crippen LogP contribution < -0.4 is 14.8 Å². The summed E-state index contributed by atoms with van der Waals surface area (Å²) in [5.41, 5.74) is 2.52. The third kappa shape index (κ3) is 5.63. The van der Waals surface area contributed by atoms with Crippen LogP contribution in [0.25, 0.3) is 6.08 Å². The van der Waals surface area contributed by atoms with E-state index in [4.69, 9.17) is 14.2 Å². The second-order valence-corrected chi connectivity index (χ2v) is 5.67. The van der Waals surface area contributed by atoms with E-state index in [1.54, 1.807) is 20.3 Å². The predicted molar refractivity (Wildman–Crippen MR) is 104 cm³/mol. The SMILES string of the molecule is CCCOc1ccc(/C=C/C(=O)Nc2ccccc2COC)cc1OC. The largest absolute Gasteiger partial charge is 0.493 e. The van der Waals surface area contributed by atoms with Crippen molar-refractivity contribution in [3.63, 3.8) is 0 Å². The van der Waals surface area contributed by atoms with Crippen LogP contribution >= 0.6 is 0 Å². The van der Waals surface area contributed by atoms with Gasteiger partial charge in [-0.1, -0.05) is 31.2 Å². The first-order chi connectivity index (χ1) is 12.7. The predicted octanol–water partition coefficient (Wildman–Crippen LogP) is 4.28. The fourth-order valence-electron chi connectivity index (χ4n) is 2.39. The number of anilines is 1. The summed E-state index contributed by atoms with van der Waals surface area (Å²) in [7, 11) is 3.22. The van der Waals surface area contributed by atoms with E-state index < -0.39 is 0 Å². The van der Waals surface area contributed by atoms with Crippen LogP contribution in [0.3, 0.4) is 0 Å². The molecule has 0 unspecified atom stereocenters. The normalized spacial score (nSPS) is 10.7. The molecule has 0 fully saturated rings. The van der Waals surface area contributed by atoms with E-state index in [9.17, 15) is 4.79 Å². The highest BCUT2D eigenvalue weighted by Crippen LogP contribution is 2.28. The maximum atomic E-state index is 12.2. The third-order valence-corrected chi connectivity index (χ3v) is 3.65. The Hall–Kier alpha value is -2.79. The van der Waals surface area contributed by atoms with Crippen molar-refractivity contribution in [3.05, 3.63) is 59.7 Å². The smallest absolute Gasteiger partial charge is 0.248 e. The minimum absolute atomic E-state index is 0.209. The van der Waals surface area contributed by atoms with Crippen LogP contribution in [-0.4, -0.2) is 26.7 Å². The van der Waals surface area contributed by atoms with E-state index in [1.165, 1.54) is 6.08 Å². The number of ether oxygens (including phenoxy) is 3. The standard InChI is InChI=1S/C21H25NO4/c1-4-13-26-19-11-9-16(14-20(19)25-3)10-12-21(23)22-18-8-6-5-7-17(18)15-24-2/h5-12,14H,4,13,15H2,1-3H3,(H,22,23)/b12-10+. The van der Waals surface area contributed by atoms with Gasteiger partial charge in [0.05, 0.1) is 20.3 Å². The fraction of sp³-hybridized carbons (Fsp3) is 0.286. The van der Waals surface area contributed by atoms with Crippen LogP contribution in [0.2, 0.25) is 0 Å². The first-order valence-corrected chi connectivity index (χ1v) is 8.54. The molecule has 0 saturated heterocycles. The van der Waals surface area contributed by atoms with E-state index in [-0.39, 0.29) is 5.91 Å². The number of hydrogen-bond donors (Lipinski definition) is 1. The maximum Gasteiger partial charge on any atom is 0.248 e. The van der Waals surface area contributed by atoms with E-state index in [0.29, 0.717) is 24.7 Å². The van der Waals surface area contributed by atoms with Gasteiger partial charge in [-0.25, -0.2) is 0 Å². The van der Waals surface area contributed by atoms with Crippen LogP contribution in [0.1, 0.15) is 24.5 Å². The van der Waals surface area contributed by atoms with E-state index >= 15 is 0 Å². The quantitative estimate of drug-likeness (QED) is 0.682. The number of methoxy groups -OCH3 is 2. The monoisotopic (exact) mass is 355 g/mol. The molecule has 0 aromatic heterocycles. The van der Waals surface area contributed by atoms with Crippen LogP contribution in [-0.2, 0) is 16.1 Å². The molecule has 0 radical (unpaired) electrons. The summed E-state index contributed by atoms with van der Waals surface area (Å²) in [6, 6.07) is 13.1. The molecular weight excluding hydrogens is 330 g/mol. The summed E-state index contributed by atoms with van der Waals surface area (Å²) < 4.78 is 16.1. The molecule has 1 N–H and O–H groups in total. The Bertz CT molecular complexity index is 755. The van der Waals surface area contributed by atoms with Gasteiger partial charge in [0.2, 0.25) is 5.91 Å². The van der Waals surface area contributed by atoms with E-state index in [2.05, 4.69) is 5.32 Å². The number of para-hydroxylation sites is 1. The van der Waals surface area contributed by atoms with Gasteiger partial charge in [-0.3, -0.25) is 4.79 Å². The lowest BCUT2D eigenvalue weighted by Gasteiger charge is -2.10. The molecule has 2 aromatic carbocycles. The van der Waals surface area contributed by atoms with Crippen molar-refractivity contribution in [2.24, 2.45) is 0 Å². The molecule has 0 aliphatic rings. The van der Waals surface area contributed by atoms with Crippen LogP contribution in [0.5, 0.6) is 11.5 Å². The Balaban J connectivity index is 2.06. The first kappa shape index (κ1) is 19.5. The Labute approximate surface area is 154 Å². The van der Waals surface area contributed by atoms with Crippen molar-refractivity contribution in [1.29, 1.82) is 0 Å². The molecule has 0 bridgehead atoms. The molecule has 0 saturated carbocycles. The molecule has 5 heteroatoms. The second-order valence-electron chi connectivity index (χ2n) is 5.67. The van der Waals surface area contributed by atoms with Crippen molar-refractivity contribution < 1.29 is 19.0 Å². The Morgan fingerprint density at radius 3 is 2.65 bits per heavy atom. The van der Waals surface area contributed by atoms with E-state index in [1.807, 2.05) is 49.4 Å². The van der Waals surface area contributed by atoms with Gasteiger partial charge >= 0.3 is 0 Å². The number of hydrogen-bond acceptors (Lipinski definition) is 4. The molecule has 0 spiro atoms. The van der Waals surface area contributed by atoms with Gasteiger partial charge in [0.1, 0.15) is 0 Å². The zero-order valence-electron chi connectivity index (χ0n) is 15.5. The zero-order valence-corrected chi connectivity index (χ0v) is 15.5. The molecule has 0 aliphatic heterocycles. The maximum absolute atomic E-state index is 12.2. The van der Waals surface area contributed by atoms with Gasteiger partial charge in [-0.05, 0) is 36.3 Å². The Morgan fingerprint density at radius 1 is 1.12 bits per heavy atom. The van der Waals surface area contributed by atoms with Crippen LogP contribution in [0, 0.1) is 0 Å². The second kappa shape index (κ2) is 10.3. The number of carbonyl (C=O) groups excluding carboxylic acids is 1. The van der Waals surface area contributed by atoms with Crippen molar-refractivity contribution in [2.45, 2.75) is 20.0 Å². The minimum atomic E-state index is -0.209. The van der Waals surface area contributed by atoms with Gasteiger partial charge in [-0.15, -0.1) is 0 Å². The molecule has 0 atom stereocenters. The fourth-order valence-corrected chi connectivity index (χ4v) is 2.39. The lowest BCUT2D eigenvalue weighted by molar-refractivity contribution is -0.111. The molecule has 26 heavy (non-hydrogen) atoms. The van der Waals surface area contributed by atoms with E-state index in [0.717, 1.165) is 23.2 Å². The average molecular weight is 355 g/mol. The Morgan fingerprint density at radius 2 is 1.92 bits per heavy atom. The van der Waals surface area contributed by atoms with Crippen LogP contribution in [0.4, 0.5) is 5.69 Å². The summed E-state index contributed by atoms with van der Waals surface area (Å²) >= 11 is 0. The van der Waals surface area contributed by atoms with Gasteiger partial charge < -0.3 is 19.5 Å². The highest BCUT2D eigenvalue weighted by Gasteiger charge is 2.06. The lowest BCUT2D eigenvalue weighted by atomic mass is 10.1. The molecule has 138 valence electrons. The summed E-state index contributed by atoms with van der Waals surface area (Å²) in [6.45, 7) is 3.12.